The second-order valence-electron chi connectivity index (χ2n) is 6.95. The van der Waals surface area contributed by atoms with E-state index < -0.39 is 16.9 Å². The van der Waals surface area contributed by atoms with E-state index in [1.165, 1.54) is 24.3 Å². The summed E-state index contributed by atoms with van der Waals surface area (Å²) >= 11 is 0. The van der Waals surface area contributed by atoms with E-state index in [4.69, 9.17) is 9.47 Å². The van der Waals surface area contributed by atoms with Crippen LogP contribution in [0.4, 0.5) is 10.5 Å². The second kappa shape index (κ2) is 10.0. The van der Waals surface area contributed by atoms with Gasteiger partial charge in [0.05, 0.1) is 24.7 Å². The molecule has 1 saturated heterocycles. The summed E-state index contributed by atoms with van der Waals surface area (Å²) < 4.78 is 10.5. The lowest BCUT2D eigenvalue weighted by Gasteiger charge is -2.36. The largest absolute Gasteiger partial charge is 0.448 e. The number of ketones is 1. The number of benzene rings is 1. The van der Waals surface area contributed by atoms with Crippen LogP contribution in [0, 0.1) is 10.1 Å². The van der Waals surface area contributed by atoms with Gasteiger partial charge < -0.3 is 14.4 Å². The Labute approximate surface area is 178 Å². The molecule has 31 heavy (non-hydrogen) atoms. The van der Waals surface area contributed by atoms with Crippen LogP contribution >= 0.6 is 0 Å². The maximum Gasteiger partial charge on any atom is 0.433 e. The molecule has 11 nitrogen and oxygen atoms in total. The summed E-state index contributed by atoms with van der Waals surface area (Å²) in [6.45, 7) is 3.81. The Bertz CT molecular complexity index is 891. The number of carbonyl (C=O) groups excluding carboxylic acids is 3. The monoisotopic (exact) mass is 432 g/mol. The van der Waals surface area contributed by atoms with E-state index >= 15 is 0 Å². The fourth-order valence-corrected chi connectivity index (χ4v) is 3.49. The van der Waals surface area contributed by atoms with E-state index in [1.807, 2.05) is 4.90 Å². The number of hydrazine groups is 1. The minimum absolute atomic E-state index is 0.0527. The molecule has 1 aromatic carbocycles. The average molecular weight is 432 g/mol. The molecule has 1 heterocycles. The molecule has 1 aliphatic carbocycles. The van der Waals surface area contributed by atoms with Gasteiger partial charge in [-0.1, -0.05) is 0 Å². The standard InChI is InChI=1S/C20H24N4O7/c1-2-31-20(27)23(21-19(26)14-6-8-15(9-7-14)24(28)29)18-16(4-3-5-17(18)25)22-10-12-30-13-11-22/h6-9H,2-5,10-13H2,1H3,(H,21,26). The topological polar surface area (TPSA) is 131 Å². The lowest BCUT2D eigenvalue weighted by molar-refractivity contribution is -0.384. The molecule has 1 aliphatic heterocycles. The second-order valence-corrected chi connectivity index (χ2v) is 6.95. The summed E-state index contributed by atoms with van der Waals surface area (Å²) in [5.74, 6) is -0.972. The van der Waals surface area contributed by atoms with E-state index in [2.05, 4.69) is 5.43 Å². The third kappa shape index (κ3) is 5.18. The van der Waals surface area contributed by atoms with Crippen LogP contribution in [-0.2, 0) is 14.3 Å². The van der Waals surface area contributed by atoms with E-state index in [-0.39, 0.29) is 35.8 Å². The van der Waals surface area contributed by atoms with E-state index in [0.717, 1.165) is 5.01 Å². The summed E-state index contributed by atoms with van der Waals surface area (Å²) in [6, 6.07) is 4.93. The number of allylic oxidation sites excluding steroid dienone is 2. The molecule has 1 fully saturated rings. The highest BCUT2D eigenvalue weighted by Crippen LogP contribution is 2.28. The molecule has 1 aromatic rings. The molecule has 0 spiro atoms. The summed E-state index contributed by atoms with van der Waals surface area (Å²) in [7, 11) is 0. The molecule has 0 unspecified atom stereocenters. The molecule has 0 atom stereocenters. The molecular weight excluding hydrogens is 408 g/mol. The summed E-state index contributed by atoms with van der Waals surface area (Å²) in [6.07, 6.45) is 0.576. The zero-order valence-corrected chi connectivity index (χ0v) is 17.2. The van der Waals surface area contributed by atoms with Crippen LogP contribution in [0.5, 0.6) is 0 Å². The van der Waals surface area contributed by atoms with Crippen molar-refractivity contribution in [3.8, 4) is 0 Å². The smallest absolute Gasteiger partial charge is 0.433 e. The van der Waals surface area contributed by atoms with Crippen molar-refractivity contribution < 1.29 is 28.8 Å². The highest BCUT2D eigenvalue weighted by molar-refractivity contribution is 6.01. The van der Waals surface area contributed by atoms with Crippen molar-refractivity contribution in [3.05, 3.63) is 51.3 Å². The quantitative estimate of drug-likeness (QED) is 0.552. The number of nitrogens with one attached hydrogen (secondary N) is 1. The molecule has 0 aromatic heterocycles. The van der Waals surface area contributed by atoms with Gasteiger partial charge in [-0.05, 0) is 31.9 Å². The number of nitro groups is 1. The van der Waals surface area contributed by atoms with Gasteiger partial charge in [-0.25, -0.2) is 4.79 Å². The molecule has 2 amide bonds. The number of carbonyl (C=O) groups is 3. The molecule has 1 N–H and O–H groups in total. The van der Waals surface area contributed by atoms with E-state index in [0.29, 0.717) is 44.8 Å². The lowest BCUT2D eigenvalue weighted by Crippen LogP contribution is -2.50. The van der Waals surface area contributed by atoms with Gasteiger partial charge in [-0.2, -0.15) is 5.01 Å². The van der Waals surface area contributed by atoms with E-state index in [9.17, 15) is 24.5 Å². The van der Waals surface area contributed by atoms with Gasteiger partial charge in [0.1, 0.15) is 5.70 Å². The molecule has 166 valence electrons. The first-order valence-corrected chi connectivity index (χ1v) is 10.0. The van der Waals surface area contributed by atoms with Crippen LogP contribution in [0.1, 0.15) is 36.5 Å². The highest BCUT2D eigenvalue weighted by Gasteiger charge is 2.34. The average Bonchev–Trinajstić information content (AvgIpc) is 2.78. The molecule has 3 rings (SSSR count). The van der Waals surface area contributed by atoms with Crippen molar-refractivity contribution >= 4 is 23.5 Å². The number of hydrogen-bond acceptors (Lipinski definition) is 8. The van der Waals surface area contributed by atoms with Crippen molar-refractivity contribution in [1.29, 1.82) is 0 Å². The number of hydrogen-bond donors (Lipinski definition) is 1. The van der Waals surface area contributed by atoms with Crippen molar-refractivity contribution in [2.45, 2.75) is 26.2 Å². The van der Waals surface area contributed by atoms with Crippen LogP contribution < -0.4 is 5.43 Å². The van der Waals surface area contributed by atoms with Crippen molar-refractivity contribution in [2.75, 3.05) is 32.9 Å². The molecule has 2 aliphatic rings. The first kappa shape index (κ1) is 22.2. The van der Waals surface area contributed by atoms with Gasteiger partial charge in [0.25, 0.3) is 11.6 Å². The summed E-state index contributed by atoms with van der Waals surface area (Å²) in [4.78, 5) is 50.6. The molecule has 0 bridgehead atoms. The minimum atomic E-state index is -0.881. The van der Waals surface area contributed by atoms with Crippen LogP contribution in [0.3, 0.4) is 0 Å². The van der Waals surface area contributed by atoms with Gasteiger partial charge in [0.15, 0.2) is 5.78 Å². The number of Topliss-reactive ketones (excluding diaryl/α,β-unsaturated/α-hetero) is 1. The van der Waals surface area contributed by atoms with Crippen molar-refractivity contribution in [3.63, 3.8) is 0 Å². The third-order valence-corrected chi connectivity index (χ3v) is 4.98. The van der Waals surface area contributed by atoms with Crippen LogP contribution in [-0.4, -0.2) is 65.5 Å². The fraction of sp³-hybridized carbons (Fsp3) is 0.450. The van der Waals surface area contributed by atoms with Gasteiger partial charge in [-0.15, -0.1) is 0 Å². The zero-order chi connectivity index (χ0) is 22.4. The normalized spacial score (nSPS) is 16.7. The Hall–Kier alpha value is -3.47. The molecule has 11 heteroatoms. The Kier molecular flexibility index (Phi) is 7.19. The summed E-state index contributed by atoms with van der Waals surface area (Å²) in [5, 5.41) is 11.7. The number of non-ortho nitro benzene ring substituents is 1. The molecular formula is C20H24N4O7. The molecule has 0 saturated carbocycles. The van der Waals surface area contributed by atoms with Gasteiger partial charge >= 0.3 is 6.09 Å². The number of morpholine rings is 1. The SMILES string of the molecule is CCOC(=O)N(NC(=O)c1ccc([N+](=O)[O-])cc1)C1=C(N2CCOCC2)CCCC1=O. The predicted molar refractivity (Wildman–Crippen MR) is 108 cm³/mol. The van der Waals surface area contributed by atoms with Gasteiger partial charge in [0.2, 0.25) is 0 Å². The van der Waals surface area contributed by atoms with Crippen molar-refractivity contribution in [2.24, 2.45) is 0 Å². The summed E-state index contributed by atoms with van der Waals surface area (Å²) in [5.41, 5.74) is 3.12. The minimum Gasteiger partial charge on any atom is -0.448 e. The first-order valence-electron chi connectivity index (χ1n) is 10.0. The number of rotatable bonds is 5. The predicted octanol–water partition coefficient (Wildman–Crippen LogP) is 1.99. The van der Waals surface area contributed by atoms with Gasteiger partial charge in [0, 0.05) is 42.9 Å². The Morgan fingerprint density at radius 2 is 1.90 bits per heavy atom. The zero-order valence-electron chi connectivity index (χ0n) is 17.2. The Morgan fingerprint density at radius 3 is 2.52 bits per heavy atom. The maximum absolute atomic E-state index is 12.8. The Balaban J connectivity index is 1.93. The molecule has 0 radical (unpaired) electrons. The Morgan fingerprint density at radius 1 is 1.23 bits per heavy atom. The fourth-order valence-electron chi connectivity index (χ4n) is 3.49. The van der Waals surface area contributed by atoms with Gasteiger partial charge in [-0.3, -0.25) is 25.1 Å². The van der Waals surface area contributed by atoms with Crippen LogP contribution in [0.25, 0.3) is 0 Å². The highest BCUT2D eigenvalue weighted by atomic mass is 16.6. The third-order valence-electron chi connectivity index (χ3n) is 4.98. The van der Waals surface area contributed by atoms with Crippen LogP contribution in [0.15, 0.2) is 35.7 Å². The van der Waals surface area contributed by atoms with Crippen LogP contribution in [0.2, 0.25) is 0 Å². The lowest BCUT2D eigenvalue weighted by atomic mass is 9.98. The number of amides is 2. The first-order chi connectivity index (χ1) is 14.9. The number of nitro benzene ring substituents is 1. The number of ether oxygens (including phenoxy) is 2. The number of nitrogens with zero attached hydrogens (tertiary/aromatic N) is 3. The maximum atomic E-state index is 12.8. The van der Waals surface area contributed by atoms with E-state index in [1.54, 1.807) is 6.92 Å². The van der Waals surface area contributed by atoms with Crippen molar-refractivity contribution in [1.82, 2.24) is 15.3 Å².